The lowest BCUT2D eigenvalue weighted by atomic mass is 9.75. The standard InChI is InChI=1S/C13H24N2O/c1-13(2)7-5-10(6-8-13)14-9-12(16)15-11-3-4-11/h10-11,14H,3-9H2,1-2H3,(H,15,16). The third-order valence-corrected chi connectivity index (χ3v) is 3.83. The summed E-state index contributed by atoms with van der Waals surface area (Å²) in [4.78, 5) is 11.5. The summed E-state index contributed by atoms with van der Waals surface area (Å²) in [5.41, 5.74) is 0.508. The lowest BCUT2D eigenvalue weighted by Crippen LogP contribution is -2.42. The molecule has 0 saturated heterocycles. The fourth-order valence-electron chi connectivity index (χ4n) is 2.35. The van der Waals surface area contributed by atoms with Crippen molar-refractivity contribution < 1.29 is 4.79 Å². The molecule has 3 heteroatoms. The van der Waals surface area contributed by atoms with Gasteiger partial charge < -0.3 is 10.6 Å². The zero-order chi connectivity index (χ0) is 11.6. The van der Waals surface area contributed by atoms with E-state index in [0.29, 0.717) is 24.0 Å². The largest absolute Gasteiger partial charge is 0.352 e. The van der Waals surface area contributed by atoms with Gasteiger partial charge in [-0.15, -0.1) is 0 Å². The van der Waals surface area contributed by atoms with Crippen molar-refractivity contribution in [3.05, 3.63) is 0 Å². The van der Waals surface area contributed by atoms with Crippen LogP contribution in [0.2, 0.25) is 0 Å². The minimum absolute atomic E-state index is 0.173. The third-order valence-electron chi connectivity index (χ3n) is 3.83. The minimum atomic E-state index is 0.173. The van der Waals surface area contributed by atoms with Gasteiger partial charge in [-0.25, -0.2) is 0 Å². The number of hydrogen-bond acceptors (Lipinski definition) is 2. The Balaban J connectivity index is 1.61. The van der Waals surface area contributed by atoms with Crippen LogP contribution in [0.1, 0.15) is 52.4 Å². The van der Waals surface area contributed by atoms with Gasteiger partial charge in [0.25, 0.3) is 0 Å². The van der Waals surface area contributed by atoms with E-state index in [1.54, 1.807) is 0 Å². The van der Waals surface area contributed by atoms with E-state index in [9.17, 15) is 4.79 Å². The second kappa shape index (κ2) is 4.74. The van der Waals surface area contributed by atoms with Crippen molar-refractivity contribution >= 4 is 5.91 Å². The van der Waals surface area contributed by atoms with Gasteiger partial charge in [0, 0.05) is 12.1 Å². The van der Waals surface area contributed by atoms with Gasteiger partial charge in [0.05, 0.1) is 6.54 Å². The van der Waals surface area contributed by atoms with Crippen molar-refractivity contribution in [1.82, 2.24) is 10.6 Å². The van der Waals surface area contributed by atoms with Gasteiger partial charge in [0.1, 0.15) is 0 Å². The summed E-state index contributed by atoms with van der Waals surface area (Å²) in [5, 5.41) is 6.39. The zero-order valence-electron chi connectivity index (χ0n) is 10.5. The molecule has 0 unspecified atom stereocenters. The first-order valence-corrected chi connectivity index (χ1v) is 6.58. The zero-order valence-corrected chi connectivity index (χ0v) is 10.5. The molecule has 0 heterocycles. The highest BCUT2D eigenvalue weighted by molar-refractivity contribution is 5.78. The topological polar surface area (TPSA) is 41.1 Å². The molecule has 0 bridgehead atoms. The summed E-state index contributed by atoms with van der Waals surface area (Å²) in [6.45, 7) is 5.17. The van der Waals surface area contributed by atoms with Crippen LogP contribution in [0.25, 0.3) is 0 Å². The third kappa shape index (κ3) is 3.78. The van der Waals surface area contributed by atoms with E-state index in [0.717, 1.165) is 0 Å². The number of hydrogen-bond donors (Lipinski definition) is 2. The number of carbonyl (C=O) groups is 1. The molecule has 0 aromatic carbocycles. The second-order valence-corrected chi connectivity index (χ2v) is 6.16. The van der Waals surface area contributed by atoms with Crippen molar-refractivity contribution in [2.75, 3.05) is 6.54 Å². The predicted octanol–water partition coefficient (Wildman–Crippen LogP) is 1.82. The van der Waals surface area contributed by atoms with Crippen LogP contribution in [0, 0.1) is 5.41 Å². The van der Waals surface area contributed by atoms with E-state index in [-0.39, 0.29) is 5.91 Å². The summed E-state index contributed by atoms with van der Waals surface area (Å²) < 4.78 is 0. The van der Waals surface area contributed by atoms with Crippen molar-refractivity contribution in [1.29, 1.82) is 0 Å². The molecule has 1 amide bonds. The quantitative estimate of drug-likeness (QED) is 0.765. The molecular weight excluding hydrogens is 200 g/mol. The van der Waals surface area contributed by atoms with Gasteiger partial charge in [0.15, 0.2) is 0 Å². The summed E-state index contributed by atoms with van der Waals surface area (Å²) >= 11 is 0. The average molecular weight is 224 g/mol. The van der Waals surface area contributed by atoms with Gasteiger partial charge in [-0.3, -0.25) is 4.79 Å². The SMILES string of the molecule is CC1(C)CCC(NCC(=O)NC2CC2)CC1. The number of nitrogens with one attached hydrogen (secondary N) is 2. The van der Waals surface area contributed by atoms with Crippen LogP contribution in [-0.2, 0) is 4.79 Å². The maximum absolute atomic E-state index is 11.5. The van der Waals surface area contributed by atoms with Crippen molar-refractivity contribution in [3.8, 4) is 0 Å². The van der Waals surface area contributed by atoms with E-state index in [1.165, 1.54) is 38.5 Å². The molecular formula is C13H24N2O. The fourth-order valence-corrected chi connectivity index (χ4v) is 2.35. The first-order valence-electron chi connectivity index (χ1n) is 6.58. The molecule has 3 nitrogen and oxygen atoms in total. The van der Waals surface area contributed by atoms with Crippen molar-refractivity contribution in [2.24, 2.45) is 5.41 Å². The molecule has 2 fully saturated rings. The van der Waals surface area contributed by atoms with Crippen LogP contribution in [-0.4, -0.2) is 24.5 Å². The first kappa shape index (κ1) is 11.9. The second-order valence-electron chi connectivity index (χ2n) is 6.16. The van der Waals surface area contributed by atoms with Crippen LogP contribution in [0.5, 0.6) is 0 Å². The maximum Gasteiger partial charge on any atom is 0.234 e. The van der Waals surface area contributed by atoms with Crippen molar-refractivity contribution in [2.45, 2.75) is 64.5 Å². The molecule has 92 valence electrons. The molecule has 2 saturated carbocycles. The summed E-state index contributed by atoms with van der Waals surface area (Å²) in [5.74, 6) is 0.173. The summed E-state index contributed by atoms with van der Waals surface area (Å²) in [6, 6.07) is 1.04. The fraction of sp³-hybridized carbons (Fsp3) is 0.923. The Morgan fingerprint density at radius 2 is 1.75 bits per heavy atom. The van der Waals surface area contributed by atoms with Crippen LogP contribution in [0.4, 0.5) is 0 Å². The average Bonchev–Trinajstić information content (AvgIpc) is 3.00. The number of carbonyl (C=O) groups excluding carboxylic acids is 1. The maximum atomic E-state index is 11.5. The van der Waals surface area contributed by atoms with Gasteiger partial charge in [-0.1, -0.05) is 13.8 Å². The first-order chi connectivity index (χ1) is 7.55. The highest BCUT2D eigenvalue weighted by Crippen LogP contribution is 2.34. The van der Waals surface area contributed by atoms with Crippen LogP contribution < -0.4 is 10.6 Å². The molecule has 0 aromatic rings. The molecule has 0 aliphatic heterocycles. The van der Waals surface area contributed by atoms with E-state index >= 15 is 0 Å². The molecule has 2 aliphatic rings. The van der Waals surface area contributed by atoms with Crippen LogP contribution >= 0.6 is 0 Å². The Bertz CT molecular complexity index is 249. The molecule has 0 atom stereocenters. The molecule has 2 aliphatic carbocycles. The molecule has 2 rings (SSSR count). The van der Waals surface area contributed by atoms with Crippen LogP contribution in [0.15, 0.2) is 0 Å². The smallest absolute Gasteiger partial charge is 0.234 e. The van der Waals surface area contributed by atoms with Gasteiger partial charge in [-0.05, 0) is 43.9 Å². The summed E-state index contributed by atoms with van der Waals surface area (Å²) in [6.07, 6.45) is 7.31. The Kier molecular flexibility index (Phi) is 3.53. The van der Waals surface area contributed by atoms with Gasteiger partial charge in [-0.2, -0.15) is 0 Å². The molecule has 0 spiro atoms. The predicted molar refractivity (Wildman–Crippen MR) is 65.2 cm³/mol. The number of rotatable bonds is 4. The highest BCUT2D eigenvalue weighted by Gasteiger charge is 2.27. The van der Waals surface area contributed by atoms with E-state index in [2.05, 4.69) is 24.5 Å². The number of amides is 1. The Hall–Kier alpha value is -0.570. The molecule has 2 N–H and O–H groups in total. The molecule has 0 radical (unpaired) electrons. The normalized spacial score (nSPS) is 25.4. The van der Waals surface area contributed by atoms with E-state index in [1.807, 2.05) is 0 Å². The lowest BCUT2D eigenvalue weighted by Gasteiger charge is -2.34. The Labute approximate surface area is 98.4 Å². The van der Waals surface area contributed by atoms with Gasteiger partial charge in [0.2, 0.25) is 5.91 Å². The summed E-state index contributed by atoms with van der Waals surface area (Å²) in [7, 11) is 0. The van der Waals surface area contributed by atoms with E-state index in [4.69, 9.17) is 0 Å². The monoisotopic (exact) mass is 224 g/mol. The molecule has 0 aromatic heterocycles. The molecule has 16 heavy (non-hydrogen) atoms. The van der Waals surface area contributed by atoms with Crippen LogP contribution in [0.3, 0.4) is 0 Å². The van der Waals surface area contributed by atoms with Gasteiger partial charge >= 0.3 is 0 Å². The van der Waals surface area contributed by atoms with Crippen molar-refractivity contribution in [3.63, 3.8) is 0 Å². The highest BCUT2D eigenvalue weighted by atomic mass is 16.2. The lowest BCUT2D eigenvalue weighted by molar-refractivity contribution is -0.120. The van der Waals surface area contributed by atoms with E-state index < -0.39 is 0 Å². The minimum Gasteiger partial charge on any atom is -0.352 e. The Morgan fingerprint density at radius 1 is 1.12 bits per heavy atom. The Morgan fingerprint density at radius 3 is 2.31 bits per heavy atom.